The summed E-state index contributed by atoms with van der Waals surface area (Å²) >= 11 is 0. The first-order valence-corrected chi connectivity index (χ1v) is 7.88. The van der Waals surface area contributed by atoms with E-state index in [4.69, 9.17) is 4.74 Å². The van der Waals surface area contributed by atoms with Crippen LogP contribution in [0.3, 0.4) is 0 Å². The van der Waals surface area contributed by atoms with Gasteiger partial charge < -0.3 is 15.4 Å². The number of methoxy groups -OCH3 is 1. The minimum Gasteiger partial charge on any atom is -0.496 e. The molecule has 0 saturated carbocycles. The minimum absolute atomic E-state index is 0.0955. The van der Waals surface area contributed by atoms with E-state index >= 15 is 0 Å². The number of amides is 2. The molecule has 24 heavy (non-hydrogen) atoms. The van der Waals surface area contributed by atoms with Gasteiger partial charge in [0.25, 0.3) is 0 Å². The van der Waals surface area contributed by atoms with Gasteiger partial charge in [-0.25, -0.2) is 4.79 Å². The maximum atomic E-state index is 11.9. The fourth-order valence-electron chi connectivity index (χ4n) is 2.23. The van der Waals surface area contributed by atoms with Gasteiger partial charge in [-0.1, -0.05) is 51.1 Å². The standard InChI is InChI=1S/C20H24N2O2/c1-20(2,3)16-9-11-17(12-10-16)22-19(23)21-14-13-15-7-5-6-8-18(15)24-4/h5-14H,1-4H3,(H2,21,22,23)/b14-13+. The molecule has 0 heterocycles. The molecule has 0 unspecified atom stereocenters. The summed E-state index contributed by atoms with van der Waals surface area (Å²) in [5.41, 5.74) is 2.98. The van der Waals surface area contributed by atoms with Crippen molar-refractivity contribution < 1.29 is 9.53 Å². The highest BCUT2D eigenvalue weighted by atomic mass is 16.5. The van der Waals surface area contributed by atoms with Gasteiger partial charge in [-0.15, -0.1) is 0 Å². The number of anilines is 1. The van der Waals surface area contributed by atoms with Crippen LogP contribution in [-0.2, 0) is 5.41 Å². The molecule has 0 fully saturated rings. The highest BCUT2D eigenvalue weighted by molar-refractivity contribution is 5.90. The van der Waals surface area contributed by atoms with Crippen molar-refractivity contribution in [1.82, 2.24) is 5.32 Å². The molecular formula is C20H24N2O2. The van der Waals surface area contributed by atoms with E-state index in [0.29, 0.717) is 0 Å². The number of hydrogen-bond acceptors (Lipinski definition) is 2. The second kappa shape index (κ2) is 7.68. The lowest BCUT2D eigenvalue weighted by Crippen LogP contribution is -2.23. The van der Waals surface area contributed by atoms with Gasteiger partial charge in [-0.3, -0.25) is 0 Å². The van der Waals surface area contributed by atoms with Gasteiger partial charge in [-0.2, -0.15) is 0 Å². The number of urea groups is 1. The number of hydrogen-bond donors (Lipinski definition) is 2. The average molecular weight is 324 g/mol. The smallest absolute Gasteiger partial charge is 0.323 e. The summed E-state index contributed by atoms with van der Waals surface area (Å²) in [7, 11) is 1.62. The van der Waals surface area contributed by atoms with Gasteiger partial charge in [0.15, 0.2) is 0 Å². The van der Waals surface area contributed by atoms with Crippen LogP contribution >= 0.6 is 0 Å². The predicted molar refractivity (Wildman–Crippen MR) is 99.3 cm³/mol. The zero-order chi connectivity index (χ0) is 17.6. The van der Waals surface area contributed by atoms with Crippen LogP contribution in [0.25, 0.3) is 6.08 Å². The second-order valence-electron chi connectivity index (χ2n) is 6.50. The van der Waals surface area contributed by atoms with Gasteiger partial charge in [0.05, 0.1) is 7.11 Å². The van der Waals surface area contributed by atoms with Crippen molar-refractivity contribution in [3.8, 4) is 5.75 Å². The van der Waals surface area contributed by atoms with Crippen LogP contribution in [0.4, 0.5) is 10.5 Å². The molecule has 4 heteroatoms. The Kier molecular flexibility index (Phi) is 5.64. The number of rotatable bonds is 4. The molecule has 0 spiro atoms. The molecule has 2 amide bonds. The molecular weight excluding hydrogens is 300 g/mol. The molecule has 0 aliphatic heterocycles. The Balaban J connectivity index is 1.92. The van der Waals surface area contributed by atoms with Crippen molar-refractivity contribution in [3.63, 3.8) is 0 Å². The lowest BCUT2D eigenvalue weighted by atomic mass is 9.87. The number of para-hydroxylation sites is 1. The summed E-state index contributed by atoms with van der Waals surface area (Å²) in [6, 6.07) is 15.2. The van der Waals surface area contributed by atoms with E-state index in [1.807, 2.05) is 48.5 Å². The molecule has 0 aliphatic carbocycles. The zero-order valence-corrected chi connectivity index (χ0v) is 14.6. The average Bonchev–Trinajstić information content (AvgIpc) is 2.55. The van der Waals surface area contributed by atoms with Crippen LogP contribution < -0.4 is 15.4 Å². The second-order valence-corrected chi connectivity index (χ2v) is 6.50. The fourth-order valence-corrected chi connectivity index (χ4v) is 2.23. The molecule has 0 bridgehead atoms. The molecule has 126 valence electrons. The third-order valence-electron chi connectivity index (χ3n) is 3.63. The third-order valence-corrected chi connectivity index (χ3v) is 3.63. The quantitative estimate of drug-likeness (QED) is 0.850. The SMILES string of the molecule is COc1ccccc1/C=C/NC(=O)Nc1ccc(C(C)(C)C)cc1. The van der Waals surface area contributed by atoms with Crippen LogP contribution in [0.15, 0.2) is 54.7 Å². The van der Waals surface area contributed by atoms with Crippen molar-refractivity contribution in [1.29, 1.82) is 0 Å². The van der Waals surface area contributed by atoms with E-state index in [-0.39, 0.29) is 11.4 Å². The van der Waals surface area contributed by atoms with Gasteiger partial charge in [-0.05, 0) is 35.3 Å². The summed E-state index contributed by atoms with van der Waals surface area (Å²) in [6.07, 6.45) is 3.39. The van der Waals surface area contributed by atoms with Crippen LogP contribution in [0.1, 0.15) is 31.9 Å². The Morgan fingerprint density at radius 2 is 1.71 bits per heavy atom. The molecule has 0 radical (unpaired) electrons. The van der Waals surface area contributed by atoms with Crippen LogP contribution in [-0.4, -0.2) is 13.1 Å². The minimum atomic E-state index is -0.287. The number of benzene rings is 2. The fraction of sp³-hybridized carbons (Fsp3) is 0.250. The van der Waals surface area contributed by atoms with Gasteiger partial charge in [0, 0.05) is 17.5 Å². The molecule has 0 saturated heterocycles. The van der Waals surface area contributed by atoms with Crippen LogP contribution in [0.2, 0.25) is 0 Å². The van der Waals surface area contributed by atoms with Crippen LogP contribution in [0, 0.1) is 0 Å². The Hall–Kier alpha value is -2.75. The molecule has 0 aromatic heterocycles. The van der Waals surface area contributed by atoms with E-state index in [0.717, 1.165) is 17.0 Å². The van der Waals surface area contributed by atoms with Crippen LogP contribution in [0.5, 0.6) is 5.75 Å². The number of ether oxygens (including phenoxy) is 1. The summed E-state index contributed by atoms with van der Waals surface area (Å²) < 4.78 is 5.26. The summed E-state index contributed by atoms with van der Waals surface area (Å²) in [6.45, 7) is 6.47. The normalized spacial score (nSPS) is 11.3. The highest BCUT2D eigenvalue weighted by Gasteiger charge is 2.13. The van der Waals surface area contributed by atoms with Crippen molar-refractivity contribution >= 4 is 17.8 Å². The molecule has 0 aliphatic rings. The van der Waals surface area contributed by atoms with E-state index < -0.39 is 0 Å². The molecule has 4 nitrogen and oxygen atoms in total. The highest BCUT2D eigenvalue weighted by Crippen LogP contribution is 2.23. The molecule has 2 aromatic rings. The topological polar surface area (TPSA) is 50.4 Å². The maximum Gasteiger partial charge on any atom is 0.323 e. The maximum absolute atomic E-state index is 11.9. The van der Waals surface area contributed by atoms with Crippen molar-refractivity contribution in [2.75, 3.05) is 12.4 Å². The summed E-state index contributed by atoms with van der Waals surface area (Å²) in [4.78, 5) is 11.9. The predicted octanol–water partition coefficient (Wildman–Crippen LogP) is 4.79. The molecule has 2 rings (SSSR count). The van der Waals surface area contributed by atoms with E-state index in [2.05, 4.69) is 31.4 Å². The van der Waals surface area contributed by atoms with Gasteiger partial charge in [0.2, 0.25) is 0 Å². The van der Waals surface area contributed by atoms with Crippen molar-refractivity contribution in [2.24, 2.45) is 0 Å². The van der Waals surface area contributed by atoms with Gasteiger partial charge in [0.1, 0.15) is 5.75 Å². The largest absolute Gasteiger partial charge is 0.496 e. The third kappa shape index (κ3) is 4.88. The van der Waals surface area contributed by atoms with Gasteiger partial charge >= 0.3 is 6.03 Å². The summed E-state index contributed by atoms with van der Waals surface area (Å²) in [5, 5.41) is 5.49. The zero-order valence-electron chi connectivity index (χ0n) is 14.6. The number of carbonyl (C=O) groups is 1. The molecule has 0 atom stereocenters. The van der Waals surface area contributed by atoms with E-state index in [1.54, 1.807) is 19.4 Å². The molecule has 2 aromatic carbocycles. The first-order valence-electron chi connectivity index (χ1n) is 7.88. The Morgan fingerprint density at radius 1 is 1.04 bits per heavy atom. The lowest BCUT2D eigenvalue weighted by molar-refractivity contribution is 0.255. The Labute approximate surface area is 143 Å². The number of carbonyl (C=O) groups excluding carboxylic acids is 1. The number of nitrogens with one attached hydrogen (secondary N) is 2. The Morgan fingerprint density at radius 3 is 2.33 bits per heavy atom. The lowest BCUT2D eigenvalue weighted by Gasteiger charge is -2.19. The van der Waals surface area contributed by atoms with E-state index in [9.17, 15) is 4.79 Å². The first-order chi connectivity index (χ1) is 11.4. The first kappa shape index (κ1) is 17.6. The van der Waals surface area contributed by atoms with Crippen molar-refractivity contribution in [2.45, 2.75) is 26.2 Å². The monoisotopic (exact) mass is 324 g/mol. The summed E-state index contributed by atoms with van der Waals surface area (Å²) in [5.74, 6) is 0.758. The molecule has 2 N–H and O–H groups in total. The van der Waals surface area contributed by atoms with Crippen molar-refractivity contribution in [3.05, 3.63) is 65.9 Å². The Bertz CT molecular complexity index is 713. The van der Waals surface area contributed by atoms with E-state index in [1.165, 1.54) is 5.56 Å².